The SMILES string of the molecule is O=C(NCCC1CCN(S(=O)(=O)c2ccc(Cl)cc2)C1)C12CC3CC(CC(C3)C1)C2. The molecule has 0 spiro atoms. The zero-order chi connectivity index (χ0) is 20.9. The van der Waals surface area contributed by atoms with E-state index in [1.807, 2.05) is 0 Å². The van der Waals surface area contributed by atoms with Crippen LogP contribution >= 0.6 is 11.6 Å². The third-order valence-corrected chi connectivity index (χ3v) is 10.2. The van der Waals surface area contributed by atoms with E-state index in [1.54, 1.807) is 28.6 Å². The van der Waals surface area contributed by atoms with Crippen molar-refractivity contribution in [2.75, 3.05) is 19.6 Å². The molecule has 1 amide bonds. The van der Waals surface area contributed by atoms with Crippen molar-refractivity contribution in [2.45, 2.75) is 56.3 Å². The fourth-order valence-electron chi connectivity index (χ4n) is 6.97. The van der Waals surface area contributed by atoms with Crippen LogP contribution in [-0.4, -0.2) is 38.3 Å². The molecule has 164 valence electrons. The van der Waals surface area contributed by atoms with E-state index in [1.165, 1.54) is 19.3 Å². The molecular formula is C23H31ClN2O3S. The lowest BCUT2D eigenvalue weighted by molar-refractivity contribution is -0.146. The van der Waals surface area contributed by atoms with Gasteiger partial charge in [-0.15, -0.1) is 0 Å². The zero-order valence-corrected chi connectivity index (χ0v) is 18.9. The lowest BCUT2D eigenvalue weighted by Crippen LogP contribution is -2.53. The van der Waals surface area contributed by atoms with Gasteiger partial charge in [0.15, 0.2) is 0 Å². The molecule has 0 radical (unpaired) electrons. The molecule has 1 aromatic carbocycles. The molecule has 4 aliphatic carbocycles. The molecule has 1 heterocycles. The van der Waals surface area contributed by atoms with Gasteiger partial charge in [0.1, 0.15) is 0 Å². The number of hydrogen-bond acceptors (Lipinski definition) is 3. The second kappa shape index (κ2) is 7.79. The highest BCUT2D eigenvalue weighted by Gasteiger charge is 2.54. The Morgan fingerprint density at radius 2 is 1.67 bits per heavy atom. The molecule has 7 heteroatoms. The monoisotopic (exact) mass is 450 g/mol. The van der Waals surface area contributed by atoms with E-state index in [4.69, 9.17) is 11.6 Å². The number of amides is 1. The second-order valence-electron chi connectivity index (χ2n) is 10.2. The summed E-state index contributed by atoms with van der Waals surface area (Å²) in [5, 5.41) is 3.77. The Morgan fingerprint density at radius 1 is 1.07 bits per heavy atom. The molecule has 1 unspecified atom stereocenters. The van der Waals surface area contributed by atoms with Gasteiger partial charge in [0.25, 0.3) is 0 Å². The maximum absolute atomic E-state index is 13.1. The van der Waals surface area contributed by atoms with E-state index in [0.29, 0.717) is 35.5 Å². The number of nitrogens with zero attached hydrogens (tertiary/aromatic N) is 1. The van der Waals surface area contributed by atoms with Crippen LogP contribution in [0.4, 0.5) is 0 Å². The number of benzene rings is 1. The highest BCUT2D eigenvalue weighted by molar-refractivity contribution is 7.89. The Kier molecular flexibility index (Phi) is 5.39. The van der Waals surface area contributed by atoms with Crippen molar-refractivity contribution in [2.24, 2.45) is 29.1 Å². The fraction of sp³-hybridized carbons (Fsp3) is 0.696. The van der Waals surface area contributed by atoms with Gasteiger partial charge in [0.05, 0.1) is 4.90 Å². The Balaban J connectivity index is 1.13. The van der Waals surface area contributed by atoms with Crippen LogP contribution in [0, 0.1) is 29.1 Å². The van der Waals surface area contributed by atoms with E-state index in [2.05, 4.69) is 5.32 Å². The number of halogens is 1. The Hall–Kier alpha value is -1.11. The van der Waals surface area contributed by atoms with Crippen LogP contribution in [0.3, 0.4) is 0 Å². The van der Waals surface area contributed by atoms with Gasteiger partial charge >= 0.3 is 0 Å². The summed E-state index contributed by atoms with van der Waals surface area (Å²) in [5.74, 6) is 2.87. The normalized spacial score (nSPS) is 35.6. The van der Waals surface area contributed by atoms with Crippen LogP contribution in [0.1, 0.15) is 51.4 Å². The minimum absolute atomic E-state index is 0.103. The maximum atomic E-state index is 13.1. The summed E-state index contributed by atoms with van der Waals surface area (Å²) in [5.41, 5.74) is -0.103. The minimum atomic E-state index is -3.47. The van der Waals surface area contributed by atoms with Gasteiger partial charge in [-0.05, 0) is 99.3 Å². The molecule has 6 rings (SSSR count). The van der Waals surface area contributed by atoms with Crippen molar-refractivity contribution in [3.63, 3.8) is 0 Å². The van der Waals surface area contributed by atoms with Gasteiger partial charge in [-0.3, -0.25) is 4.79 Å². The molecule has 4 bridgehead atoms. The second-order valence-corrected chi connectivity index (χ2v) is 12.6. The molecule has 5 aliphatic rings. The molecule has 1 N–H and O–H groups in total. The zero-order valence-electron chi connectivity index (χ0n) is 17.4. The van der Waals surface area contributed by atoms with Crippen LogP contribution in [-0.2, 0) is 14.8 Å². The number of rotatable bonds is 6. The van der Waals surface area contributed by atoms with E-state index < -0.39 is 10.0 Å². The molecule has 5 fully saturated rings. The molecule has 30 heavy (non-hydrogen) atoms. The summed E-state index contributed by atoms with van der Waals surface area (Å²) < 4.78 is 27.3. The number of carbonyl (C=O) groups excluding carboxylic acids is 1. The molecule has 1 saturated heterocycles. The first-order chi connectivity index (χ1) is 14.3. The number of hydrogen-bond donors (Lipinski definition) is 1. The average molecular weight is 451 g/mol. The Morgan fingerprint density at radius 3 is 2.27 bits per heavy atom. The van der Waals surface area contributed by atoms with Crippen LogP contribution < -0.4 is 5.32 Å². The van der Waals surface area contributed by atoms with Crippen molar-refractivity contribution < 1.29 is 13.2 Å². The molecular weight excluding hydrogens is 420 g/mol. The standard InChI is InChI=1S/C23H31ClN2O3S/c24-20-1-3-21(4-2-20)30(28,29)26-8-6-16(15-26)5-7-25-22(27)23-12-17-9-18(13-23)11-19(10-17)14-23/h1-4,16-19H,5-15H2,(H,25,27). The first-order valence-corrected chi connectivity index (χ1v) is 13.2. The van der Waals surface area contributed by atoms with Gasteiger partial charge in [0.2, 0.25) is 15.9 Å². The first-order valence-electron chi connectivity index (χ1n) is 11.4. The van der Waals surface area contributed by atoms with E-state index in [-0.39, 0.29) is 11.3 Å². The molecule has 1 aromatic rings. The van der Waals surface area contributed by atoms with E-state index in [0.717, 1.165) is 49.9 Å². The molecule has 0 aromatic heterocycles. The number of sulfonamides is 1. The molecule has 1 atom stereocenters. The maximum Gasteiger partial charge on any atom is 0.243 e. The molecule has 5 nitrogen and oxygen atoms in total. The molecule has 4 saturated carbocycles. The summed E-state index contributed by atoms with van der Waals surface area (Å²) in [6.07, 6.45) is 8.96. The highest BCUT2D eigenvalue weighted by atomic mass is 35.5. The van der Waals surface area contributed by atoms with Crippen LogP contribution in [0.5, 0.6) is 0 Å². The quantitative estimate of drug-likeness (QED) is 0.710. The van der Waals surface area contributed by atoms with Crippen LogP contribution in [0.15, 0.2) is 29.2 Å². The Labute approximate surface area is 184 Å². The Bertz CT molecular complexity index is 880. The predicted molar refractivity (Wildman–Crippen MR) is 117 cm³/mol. The average Bonchev–Trinajstić information content (AvgIpc) is 3.17. The van der Waals surface area contributed by atoms with Crippen molar-refractivity contribution in [3.8, 4) is 0 Å². The summed E-state index contributed by atoms with van der Waals surface area (Å²) in [6.45, 7) is 1.72. The van der Waals surface area contributed by atoms with Crippen molar-refractivity contribution in [1.29, 1.82) is 0 Å². The summed E-state index contributed by atoms with van der Waals surface area (Å²) >= 11 is 5.88. The van der Waals surface area contributed by atoms with Crippen molar-refractivity contribution in [1.82, 2.24) is 9.62 Å². The predicted octanol–water partition coefficient (Wildman–Crippen LogP) is 4.07. The van der Waals surface area contributed by atoms with Gasteiger partial charge in [-0.25, -0.2) is 8.42 Å². The smallest absolute Gasteiger partial charge is 0.243 e. The lowest BCUT2D eigenvalue weighted by Gasteiger charge is -2.55. The van der Waals surface area contributed by atoms with Gasteiger partial charge in [-0.1, -0.05) is 11.6 Å². The highest BCUT2D eigenvalue weighted by Crippen LogP contribution is 2.60. The van der Waals surface area contributed by atoms with Crippen LogP contribution in [0.2, 0.25) is 5.02 Å². The van der Waals surface area contributed by atoms with Gasteiger partial charge in [-0.2, -0.15) is 4.31 Å². The number of carbonyl (C=O) groups is 1. The third kappa shape index (κ3) is 3.80. The van der Waals surface area contributed by atoms with Crippen molar-refractivity contribution in [3.05, 3.63) is 29.3 Å². The largest absolute Gasteiger partial charge is 0.356 e. The van der Waals surface area contributed by atoms with Crippen LogP contribution in [0.25, 0.3) is 0 Å². The summed E-state index contributed by atoms with van der Waals surface area (Å²) in [4.78, 5) is 13.4. The fourth-order valence-corrected chi connectivity index (χ4v) is 8.63. The van der Waals surface area contributed by atoms with E-state index in [9.17, 15) is 13.2 Å². The molecule has 1 aliphatic heterocycles. The first kappa shape index (κ1) is 20.8. The lowest BCUT2D eigenvalue weighted by atomic mass is 9.49. The van der Waals surface area contributed by atoms with E-state index >= 15 is 0 Å². The third-order valence-electron chi connectivity index (χ3n) is 8.06. The van der Waals surface area contributed by atoms with Crippen molar-refractivity contribution >= 4 is 27.5 Å². The minimum Gasteiger partial charge on any atom is -0.356 e. The summed E-state index contributed by atoms with van der Waals surface area (Å²) in [7, 11) is -3.47. The van der Waals surface area contributed by atoms with Gasteiger partial charge in [0, 0.05) is 30.1 Å². The summed E-state index contributed by atoms with van der Waals surface area (Å²) in [6, 6.07) is 6.36. The van der Waals surface area contributed by atoms with Gasteiger partial charge < -0.3 is 5.32 Å². The topological polar surface area (TPSA) is 66.5 Å². The number of nitrogens with one attached hydrogen (secondary N) is 1.